The van der Waals surface area contributed by atoms with Gasteiger partial charge in [0.05, 0.1) is 0 Å². The summed E-state index contributed by atoms with van der Waals surface area (Å²) in [5.41, 5.74) is 6.80. The predicted octanol–water partition coefficient (Wildman–Crippen LogP) is 2.47. The third-order valence-electron chi connectivity index (χ3n) is 2.21. The number of phenolic OH excluding ortho intramolecular Hbond substituents is 1. The zero-order valence-corrected chi connectivity index (χ0v) is 8.84. The highest BCUT2D eigenvalue weighted by atomic mass is 16.5. The zero-order chi connectivity index (χ0) is 11.5. The van der Waals surface area contributed by atoms with E-state index in [-0.39, 0.29) is 11.4 Å². The lowest BCUT2D eigenvalue weighted by Gasteiger charge is -2.09. The number of anilines is 1. The third-order valence-corrected chi connectivity index (χ3v) is 2.21. The average molecular weight is 216 g/mol. The molecule has 0 bridgehead atoms. The number of para-hydroxylation sites is 1. The zero-order valence-electron chi connectivity index (χ0n) is 8.84. The van der Waals surface area contributed by atoms with E-state index in [2.05, 4.69) is 4.98 Å². The molecule has 1 heterocycles. The van der Waals surface area contributed by atoms with Gasteiger partial charge in [0, 0.05) is 11.8 Å². The number of benzene rings is 1. The number of aryl methyl sites for hydroxylation is 1. The summed E-state index contributed by atoms with van der Waals surface area (Å²) in [5, 5.41) is 9.42. The molecule has 0 aliphatic rings. The van der Waals surface area contributed by atoms with E-state index in [9.17, 15) is 5.11 Å². The molecule has 1 aromatic heterocycles. The van der Waals surface area contributed by atoms with E-state index in [4.69, 9.17) is 10.5 Å². The van der Waals surface area contributed by atoms with Crippen LogP contribution in [0.2, 0.25) is 0 Å². The first kappa shape index (κ1) is 10.3. The molecular formula is C12H12N2O2. The number of nitrogens with zero attached hydrogens (tertiary/aromatic N) is 1. The number of aromatic nitrogens is 1. The quantitative estimate of drug-likeness (QED) is 0.597. The van der Waals surface area contributed by atoms with Gasteiger partial charge in [-0.15, -0.1) is 0 Å². The molecule has 4 nitrogen and oxygen atoms in total. The van der Waals surface area contributed by atoms with Gasteiger partial charge in [0.2, 0.25) is 5.88 Å². The Morgan fingerprint density at radius 1 is 1.25 bits per heavy atom. The highest BCUT2D eigenvalue weighted by Crippen LogP contribution is 2.33. The summed E-state index contributed by atoms with van der Waals surface area (Å²) in [6, 6.07) is 8.57. The van der Waals surface area contributed by atoms with Gasteiger partial charge < -0.3 is 15.6 Å². The van der Waals surface area contributed by atoms with Gasteiger partial charge in [-0.05, 0) is 25.1 Å². The van der Waals surface area contributed by atoms with E-state index in [0.29, 0.717) is 11.6 Å². The molecule has 0 spiro atoms. The van der Waals surface area contributed by atoms with Crippen molar-refractivity contribution >= 4 is 5.69 Å². The van der Waals surface area contributed by atoms with E-state index in [0.717, 1.165) is 5.56 Å². The van der Waals surface area contributed by atoms with Gasteiger partial charge in [-0.3, -0.25) is 0 Å². The van der Waals surface area contributed by atoms with Gasteiger partial charge in [-0.1, -0.05) is 12.1 Å². The number of nitrogen functional groups attached to an aromatic ring is 1. The van der Waals surface area contributed by atoms with Crippen molar-refractivity contribution < 1.29 is 9.84 Å². The fraction of sp³-hybridized carbons (Fsp3) is 0.0833. The van der Waals surface area contributed by atoms with E-state index in [1.165, 1.54) is 6.07 Å². The molecule has 0 amide bonds. The SMILES string of the molecule is Cc1cccnc1Oc1cccc(O)c1N. The maximum atomic E-state index is 9.42. The van der Waals surface area contributed by atoms with Crippen LogP contribution in [0.25, 0.3) is 0 Å². The molecular weight excluding hydrogens is 204 g/mol. The molecule has 1 aromatic carbocycles. The molecule has 2 rings (SSSR count). The van der Waals surface area contributed by atoms with E-state index in [1.807, 2.05) is 19.1 Å². The van der Waals surface area contributed by atoms with E-state index < -0.39 is 0 Å². The molecule has 0 aliphatic carbocycles. The second-order valence-corrected chi connectivity index (χ2v) is 3.42. The van der Waals surface area contributed by atoms with Crippen LogP contribution in [0.15, 0.2) is 36.5 Å². The Morgan fingerprint density at radius 2 is 2.06 bits per heavy atom. The van der Waals surface area contributed by atoms with Gasteiger partial charge in [-0.2, -0.15) is 0 Å². The average Bonchev–Trinajstić information content (AvgIpc) is 2.28. The first-order valence-electron chi connectivity index (χ1n) is 4.85. The Kier molecular flexibility index (Phi) is 2.64. The molecule has 0 fully saturated rings. The minimum absolute atomic E-state index is 0.00563. The lowest BCUT2D eigenvalue weighted by atomic mass is 10.2. The second-order valence-electron chi connectivity index (χ2n) is 3.42. The Morgan fingerprint density at radius 3 is 2.81 bits per heavy atom. The highest BCUT2D eigenvalue weighted by Gasteiger charge is 2.07. The van der Waals surface area contributed by atoms with Crippen LogP contribution in [0.3, 0.4) is 0 Å². The standard InChI is InChI=1S/C12H12N2O2/c1-8-4-3-7-14-12(8)16-10-6-2-5-9(15)11(10)13/h2-7,15H,13H2,1H3. The molecule has 0 aliphatic heterocycles. The minimum atomic E-state index is 0.00563. The summed E-state index contributed by atoms with van der Waals surface area (Å²) in [6.07, 6.45) is 1.64. The number of nitrogens with two attached hydrogens (primary N) is 1. The molecule has 0 atom stereocenters. The number of pyridine rings is 1. The topological polar surface area (TPSA) is 68.4 Å². The fourth-order valence-electron chi connectivity index (χ4n) is 1.30. The minimum Gasteiger partial charge on any atom is -0.506 e. The van der Waals surface area contributed by atoms with Crippen LogP contribution < -0.4 is 10.5 Å². The van der Waals surface area contributed by atoms with Gasteiger partial charge in [0.15, 0.2) is 5.75 Å². The number of aromatic hydroxyl groups is 1. The van der Waals surface area contributed by atoms with Crippen molar-refractivity contribution in [1.82, 2.24) is 4.98 Å². The summed E-state index contributed by atoms with van der Waals surface area (Å²) < 4.78 is 5.52. The smallest absolute Gasteiger partial charge is 0.222 e. The molecule has 16 heavy (non-hydrogen) atoms. The molecule has 0 saturated carbocycles. The second kappa shape index (κ2) is 4.10. The van der Waals surface area contributed by atoms with Crippen molar-refractivity contribution in [3.8, 4) is 17.4 Å². The largest absolute Gasteiger partial charge is 0.506 e. The van der Waals surface area contributed by atoms with Crippen molar-refractivity contribution in [3.63, 3.8) is 0 Å². The molecule has 0 unspecified atom stereocenters. The van der Waals surface area contributed by atoms with Crippen LogP contribution in [0.5, 0.6) is 17.4 Å². The number of ether oxygens (including phenoxy) is 1. The van der Waals surface area contributed by atoms with Gasteiger partial charge in [0.1, 0.15) is 11.4 Å². The summed E-state index contributed by atoms with van der Waals surface area (Å²) in [4.78, 5) is 4.08. The molecule has 4 heteroatoms. The van der Waals surface area contributed by atoms with Crippen LogP contribution in [-0.2, 0) is 0 Å². The summed E-state index contributed by atoms with van der Waals surface area (Å²) >= 11 is 0. The maximum absolute atomic E-state index is 9.42. The number of rotatable bonds is 2. The maximum Gasteiger partial charge on any atom is 0.222 e. The molecule has 0 radical (unpaired) electrons. The van der Waals surface area contributed by atoms with Crippen molar-refractivity contribution in [2.45, 2.75) is 6.92 Å². The van der Waals surface area contributed by atoms with Crippen LogP contribution in [0.4, 0.5) is 5.69 Å². The Hall–Kier alpha value is -2.23. The van der Waals surface area contributed by atoms with Crippen molar-refractivity contribution in [2.24, 2.45) is 0 Å². The summed E-state index contributed by atoms with van der Waals surface area (Å²) in [7, 11) is 0. The van der Waals surface area contributed by atoms with Crippen LogP contribution in [-0.4, -0.2) is 10.1 Å². The van der Waals surface area contributed by atoms with Crippen LogP contribution >= 0.6 is 0 Å². The Bertz CT molecular complexity index is 512. The van der Waals surface area contributed by atoms with Gasteiger partial charge in [0.25, 0.3) is 0 Å². The first-order chi connectivity index (χ1) is 7.68. The number of hydrogen-bond acceptors (Lipinski definition) is 4. The van der Waals surface area contributed by atoms with Crippen molar-refractivity contribution in [3.05, 3.63) is 42.1 Å². The van der Waals surface area contributed by atoms with Gasteiger partial charge in [-0.25, -0.2) is 4.98 Å². The van der Waals surface area contributed by atoms with E-state index >= 15 is 0 Å². The van der Waals surface area contributed by atoms with E-state index in [1.54, 1.807) is 18.3 Å². The predicted molar refractivity (Wildman–Crippen MR) is 61.6 cm³/mol. The van der Waals surface area contributed by atoms with Crippen molar-refractivity contribution in [2.75, 3.05) is 5.73 Å². The van der Waals surface area contributed by atoms with Crippen molar-refractivity contribution in [1.29, 1.82) is 0 Å². The molecule has 82 valence electrons. The monoisotopic (exact) mass is 216 g/mol. The molecule has 3 N–H and O–H groups in total. The summed E-state index contributed by atoms with van der Waals surface area (Å²) in [6.45, 7) is 1.89. The fourth-order valence-corrected chi connectivity index (χ4v) is 1.30. The summed E-state index contributed by atoms with van der Waals surface area (Å²) in [5.74, 6) is 0.896. The Balaban J connectivity index is 2.35. The Labute approximate surface area is 93.3 Å². The van der Waals surface area contributed by atoms with Gasteiger partial charge >= 0.3 is 0 Å². The number of hydrogen-bond donors (Lipinski definition) is 2. The lowest BCUT2D eigenvalue weighted by Crippen LogP contribution is -1.95. The van der Waals surface area contributed by atoms with Crippen LogP contribution in [0.1, 0.15) is 5.56 Å². The highest BCUT2D eigenvalue weighted by molar-refractivity contribution is 5.62. The lowest BCUT2D eigenvalue weighted by molar-refractivity contribution is 0.447. The first-order valence-corrected chi connectivity index (χ1v) is 4.85. The molecule has 2 aromatic rings. The van der Waals surface area contributed by atoms with Crippen LogP contribution in [0, 0.1) is 6.92 Å². The normalized spacial score (nSPS) is 10.1. The third kappa shape index (κ3) is 1.91. The molecule has 0 saturated heterocycles. The number of phenols is 1.